The molecule has 5 aromatic rings. The third-order valence-electron chi connectivity index (χ3n) is 8.47. The molecule has 8 nitrogen and oxygen atoms in total. The summed E-state index contributed by atoms with van der Waals surface area (Å²) in [5.74, 6) is 0.0227. The van der Waals surface area contributed by atoms with E-state index in [9.17, 15) is 14.3 Å². The second-order valence-corrected chi connectivity index (χ2v) is 11.7. The Morgan fingerprint density at radius 1 is 1.11 bits per heavy atom. The number of rotatable bonds is 10. The van der Waals surface area contributed by atoms with E-state index in [1.165, 1.54) is 25.3 Å². The van der Waals surface area contributed by atoms with Gasteiger partial charge in [-0.3, -0.25) is 0 Å². The Morgan fingerprint density at radius 3 is 2.70 bits per heavy atom. The number of carbonyl (C=O) groups is 1. The van der Waals surface area contributed by atoms with Crippen LogP contribution >= 0.6 is 11.6 Å². The first-order chi connectivity index (χ1) is 22.3. The molecule has 46 heavy (non-hydrogen) atoms. The molecule has 2 aliphatic rings. The van der Waals surface area contributed by atoms with Gasteiger partial charge in [0.1, 0.15) is 46.8 Å². The van der Waals surface area contributed by atoms with Gasteiger partial charge in [-0.25, -0.2) is 18.6 Å². The average molecular weight is 647 g/mol. The molecule has 1 atom stereocenters. The van der Waals surface area contributed by atoms with E-state index in [1.54, 1.807) is 36.4 Å². The number of aromatic nitrogens is 2. The van der Waals surface area contributed by atoms with Crippen LogP contribution < -0.4 is 14.2 Å². The van der Waals surface area contributed by atoms with Gasteiger partial charge < -0.3 is 28.6 Å². The number of halogens is 3. The smallest absolute Gasteiger partial charge is 0.335 e. The summed E-state index contributed by atoms with van der Waals surface area (Å²) in [5, 5.41) is 10.0. The molecule has 1 aromatic heterocycles. The summed E-state index contributed by atoms with van der Waals surface area (Å²) in [6, 6.07) is 16.0. The molecule has 0 radical (unpaired) electrons. The molecule has 1 N–H and O–H groups in total. The lowest BCUT2D eigenvalue weighted by atomic mass is 9.94. The summed E-state index contributed by atoms with van der Waals surface area (Å²) in [7, 11) is 1.47. The Bertz CT molecular complexity index is 1990. The standard InChI is InChI=1S/C35H29ClF2N2O6/c1-43-31-13-21(35(41)42)12-30-33(31)39-32(40(30)17-24-7-9-44-24)16-27-25-8-10-45-34(25)26(15-29(27)38)19-3-2-4-23(11-19)46-18-20-5-6-22(36)14-28(20)37/h2-6,11-15,24H,7-10,16-18H2,1H3,(H,41,42)/t24-/m0/s1. The van der Waals surface area contributed by atoms with Gasteiger partial charge in [0.15, 0.2) is 0 Å². The Balaban J connectivity index is 1.24. The highest BCUT2D eigenvalue weighted by Crippen LogP contribution is 2.42. The van der Waals surface area contributed by atoms with Crippen LogP contribution in [-0.2, 0) is 30.7 Å². The first-order valence-corrected chi connectivity index (χ1v) is 15.2. The van der Waals surface area contributed by atoms with Crippen LogP contribution in [0.4, 0.5) is 8.78 Å². The molecule has 7 rings (SSSR count). The van der Waals surface area contributed by atoms with Gasteiger partial charge >= 0.3 is 5.97 Å². The number of imidazole rings is 1. The monoisotopic (exact) mass is 646 g/mol. The van der Waals surface area contributed by atoms with Crippen LogP contribution in [0.15, 0.2) is 60.7 Å². The van der Waals surface area contributed by atoms with Gasteiger partial charge in [0.25, 0.3) is 0 Å². The number of carboxylic acids is 1. The van der Waals surface area contributed by atoms with E-state index in [-0.39, 0.29) is 24.7 Å². The highest BCUT2D eigenvalue weighted by Gasteiger charge is 2.28. The first-order valence-electron chi connectivity index (χ1n) is 14.8. The minimum absolute atomic E-state index is 0.00000303. The highest BCUT2D eigenvalue weighted by molar-refractivity contribution is 6.30. The molecule has 0 aliphatic carbocycles. The fourth-order valence-electron chi connectivity index (χ4n) is 6.01. The number of methoxy groups -OCH3 is 1. The molecule has 4 aromatic carbocycles. The lowest BCUT2D eigenvalue weighted by Gasteiger charge is -2.27. The number of carboxylic acid groups (broad SMARTS) is 1. The van der Waals surface area contributed by atoms with E-state index in [0.717, 1.165) is 12.0 Å². The maximum atomic E-state index is 16.2. The van der Waals surface area contributed by atoms with Crippen LogP contribution in [0, 0.1) is 11.6 Å². The van der Waals surface area contributed by atoms with Crippen molar-refractivity contribution in [2.24, 2.45) is 0 Å². The van der Waals surface area contributed by atoms with E-state index in [1.807, 2.05) is 10.6 Å². The van der Waals surface area contributed by atoms with Crippen molar-refractivity contribution in [3.8, 4) is 28.4 Å². The zero-order valence-electron chi connectivity index (χ0n) is 24.8. The fourth-order valence-corrected chi connectivity index (χ4v) is 6.17. The number of fused-ring (bicyclic) bond motifs is 2. The largest absolute Gasteiger partial charge is 0.494 e. The lowest BCUT2D eigenvalue weighted by molar-refractivity contribution is -0.0589. The third kappa shape index (κ3) is 5.63. The number of benzene rings is 4. The van der Waals surface area contributed by atoms with Gasteiger partial charge in [0.05, 0.1) is 37.4 Å². The summed E-state index contributed by atoms with van der Waals surface area (Å²) in [6.07, 6.45) is 1.47. The van der Waals surface area contributed by atoms with Crippen molar-refractivity contribution in [2.75, 3.05) is 20.3 Å². The summed E-state index contributed by atoms with van der Waals surface area (Å²) in [5.41, 5.74) is 4.01. The molecule has 3 heterocycles. The second-order valence-electron chi connectivity index (χ2n) is 11.3. The Morgan fingerprint density at radius 2 is 1.96 bits per heavy atom. The third-order valence-corrected chi connectivity index (χ3v) is 8.71. The van der Waals surface area contributed by atoms with Crippen LogP contribution in [0.3, 0.4) is 0 Å². The van der Waals surface area contributed by atoms with Crippen molar-refractivity contribution < 1.29 is 37.6 Å². The molecule has 0 bridgehead atoms. The molecule has 236 valence electrons. The van der Waals surface area contributed by atoms with Crippen LogP contribution in [0.5, 0.6) is 17.2 Å². The number of nitrogens with zero attached hydrogens (tertiary/aromatic N) is 2. The first kappa shape index (κ1) is 30.0. The van der Waals surface area contributed by atoms with Crippen molar-refractivity contribution in [2.45, 2.75) is 38.5 Å². The SMILES string of the molecule is COc1cc(C(=O)O)cc2c1nc(Cc1c(F)cc(-c3cccc(OCc4ccc(Cl)cc4F)c3)c3c1CCO3)n2C[C@@H]1CCO1. The van der Waals surface area contributed by atoms with Gasteiger partial charge in [-0.15, -0.1) is 0 Å². The Labute approximate surface area is 268 Å². The van der Waals surface area contributed by atoms with Crippen LogP contribution in [0.2, 0.25) is 5.02 Å². The van der Waals surface area contributed by atoms with Gasteiger partial charge in [-0.2, -0.15) is 0 Å². The molecule has 2 aliphatic heterocycles. The fraction of sp³-hybridized carbons (Fsp3) is 0.257. The second kappa shape index (κ2) is 12.3. The van der Waals surface area contributed by atoms with Crippen LogP contribution in [0.1, 0.15) is 39.3 Å². The van der Waals surface area contributed by atoms with Crippen molar-refractivity contribution in [3.05, 3.63) is 105 Å². The average Bonchev–Trinajstić information content (AvgIpc) is 3.64. The Kier molecular flexibility index (Phi) is 8.00. The molecule has 0 amide bonds. The van der Waals surface area contributed by atoms with Crippen molar-refractivity contribution in [1.82, 2.24) is 9.55 Å². The van der Waals surface area contributed by atoms with Gasteiger partial charge in [-0.05, 0) is 54.4 Å². The molecule has 1 saturated heterocycles. The number of ether oxygens (including phenoxy) is 4. The number of aromatic carboxylic acids is 1. The van der Waals surface area contributed by atoms with Gasteiger partial charge in [-0.1, -0.05) is 29.8 Å². The highest BCUT2D eigenvalue weighted by atomic mass is 35.5. The Hall–Kier alpha value is -4.67. The molecular weight excluding hydrogens is 618 g/mol. The summed E-state index contributed by atoms with van der Waals surface area (Å²) >= 11 is 5.86. The van der Waals surface area contributed by atoms with Crippen LogP contribution in [0.25, 0.3) is 22.2 Å². The van der Waals surface area contributed by atoms with Crippen molar-refractivity contribution in [3.63, 3.8) is 0 Å². The molecule has 0 saturated carbocycles. The normalized spacial score (nSPS) is 15.3. The topological polar surface area (TPSA) is 92.0 Å². The zero-order chi connectivity index (χ0) is 31.9. The van der Waals surface area contributed by atoms with Gasteiger partial charge in [0.2, 0.25) is 0 Å². The molecular formula is C35H29ClF2N2O6. The minimum atomic E-state index is -1.09. The number of hydrogen-bond donors (Lipinski definition) is 1. The zero-order valence-corrected chi connectivity index (χ0v) is 25.6. The lowest BCUT2D eigenvalue weighted by Crippen LogP contribution is -2.31. The van der Waals surface area contributed by atoms with Crippen molar-refractivity contribution in [1.29, 1.82) is 0 Å². The van der Waals surface area contributed by atoms with E-state index in [4.69, 9.17) is 35.5 Å². The summed E-state index contributed by atoms with van der Waals surface area (Å²) in [4.78, 5) is 16.7. The van der Waals surface area contributed by atoms with E-state index in [2.05, 4.69) is 0 Å². The van der Waals surface area contributed by atoms with E-state index < -0.39 is 17.6 Å². The maximum absolute atomic E-state index is 16.2. The molecule has 0 unspecified atom stereocenters. The minimum Gasteiger partial charge on any atom is -0.494 e. The predicted molar refractivity (Wildman–Crippen MR) is 167 cm³/mol. The number of hydrogen-bond acceptors (Lipinski definition) is 6. The van der Waals surface area contributed by atoms with Crippen LogP contribution in [-0.4, -0.2) is 47.1 Å². The van der Waals surface area contributed by atoms with Gasteiger partial charge in [0, 0.05) is 46.7 Å². The predicted octanol–water partition coefficient (Wildman–Crippen LogP) is 7.24. The molecule has 0 spiro atoms. The summed E-state index contributed by atoms with van der Waals surface area (Å²) in [6.45, 7) is 1.50. The van der Waals surface area contributed by atoms with Crippen molar-refractivity contribution >= 4 is 28.6 Å². The summed E-state index contributed by atoms with van der Waals surface area (Å²) < 4.78 is 55.5. The van der Waals surface area contributed by atoms with E-state index >= 15 is 4.39 Å². The van der Waals surface area contributed by atoms with E-state index in [0.29, 0.717) is 87.6 Å². The molecule has 1 fully saturated rings. The maximum Gasteiger partial charge on any atom is 0.335 e. The quantitative estimate of drug-likeness (QED) is 0.171. The molecule has 11 heteroatoms.